The number of halogens is 2. The SMILES string of the molecule is COP(=O)(CC1(C)CN(c2ccc(-c3nn(C4CCCCO4)c4ccc(O[C@H](C)c5c(Cl)cncc5Cl)cc34)cn2)C1)OC. The third-order valence-electron chi connectivity index (χ3n) is 8.34. The first-order chi connectivity index (χ1) is 21.1. The molecule has 1 aromatic carbocycles. The van der Waals surface area contributed by atoms with E-state index in [1.54, 1.807) is 12.4 Å². The molecule has 0 radical (unpaired) electrons. The van der Waals surface area contributed by atoms with Crippen LogP contribution in [0.2, 0.25) is 10.0 Å². The van der Waals surface area contributed by atoms with Gasteiger partial charge in [-0.3, -0.25) is 9.55 Å². The van der Waals surface area contributed by atoms with Crippen LogP contribution in [0.3, 0.4) is 0 Å². The van der Waals surface area contributed by atoms with Gasteiger partial charge < -0.3 is 23.4 Å². The molecule has 44 heavy (non-hydrogen) atoms. The second-order valence-corrected chi connectivity index (χ2v) is 14.9. The zero-order valence-electron chi connectivity index (χ0n) is 25.2. The highest BCUT2D eigenvalue weighted by Gasteiger charge is 2.45. The van der Waals surface area contributed by atoms with Crippen LogP contribution < -0.4 is 9.64 Å². The summed E-state index contributed by atoms with van der Waals surface area (Å²) in [5, 5.41) is 6.89. The van der Waals surface area contributed by atoms with E-state index in [1.165, 1.54) is 14.2 Å². The van der Waals surface area contributed by atoms with Crippen molar-refractivity contribution in [2.45, 2.75) is 45.4 Å². The normalized spacial score (nSPS) is 19.1. The highest BCUT2D eigenvalue weighted by molar-refractivity contribution is 7.53. The first-order valence-electron chi connectivity index (χ1n) is 14.6. The Bertz CT molecular complexity index is 1660. The topological polar surface area (TPSA) is 101 Å². The van der Waals surface area contributed by atoms with Crippen LogP contribution in [-0.2, 0) is 18.3 Å². The Labute approximate surface area is 267 Å². The maximum Gasteiger partial charge on any atom is 0.330 e. The van der Waals surface area contributed by atoms with E-state index in [4.69, 9.17) is 51.8 Å². The molecule has 1 unspecified atom stereocenters. The predicted molar refractivity (Wildman–Crippen MR) is 172 cm³/mol. The lowest BCUT2D eigenvalue weighted by Gasteiger charge is -2.49. The van der Waals surface area contributed by atoms with Crippen molar-refractivity contribution in [3.63, 3.8) is 0 Å². The molecule has 2 fully saturated rings. The molecule has 2 aliphatic rings. The number of fused-ring (bicyclic) bond motifs is 1. The molecule has 0 aliphatic carbocycles. The molecular formula is C31H36Cl2N5O5P. The number of benzene rings is 1. The van der Waals surface area contributed by atoms with Crippen molar-refractivity contribution in [3.8, 4) is 17.0 Å². The second kappa shape index (κ2) is 12.6. The van der Waals surface area contributed by atoms with Gasteiger partial charge in [0.2, 0.25) is 0 Å². The van der Waals surface area contributed by atoms with Gasteiger partial charge in [0, 0.05) is 74.4 Å². The molecule has 4 aromatic rings. The van der Waals surface area contributed by atoms with Gasteiger partial charge in [-0.2, -0.15) is 5.10 Å². The Kier molecular flexibility index (Phi) is 8.94. The van der Waals surface area contributed by atoms with Gasteiger partial charge in [0.25, 0.3) is 0 Å². The summed E-state index contributed by atoms with van der Waals surface area (Å²) in [6.45, 7) is 6.12. The zero-order chi connectivity index (χ0) is 31.1. The molecule has 234 valence electrons. The molecule has 0 amide bonds. The van der Waals surface area contributed by atoms with Crippen LogP contribution in [0.25, 0.3) is 22.2 Å². The summed E-state index contributed by atoms with van der Waals surface area (Å²) < 4.78 is 37.5. The largest absolute Gasteiger partial charge is 0.486 e. The van der Waals surface area contributed by atoms with Crippen LogP contribution >= 0.6 is 30.8 Å². The molecule has 10 nitrogen and oxygen atoms in total. The Balaban J connectivity index is 1.28. The van der Waals surface area contributed by atoms with E-state index in [9.17, 15) is 4.57 Å². The van der Waals surface area contributed by atoms with E-state index in [1.807, 2.05) is 48.1 Å². The second-order valence-electron chi connectivity index (χ2n) is 11.8. The van der Waals surface area contributed by atoms with Gasteiger partial charge in [-0.05, 0) is 56.5 Å². The van der Waals surface area contributed by atoms with Crippen molar-refractivity contribution in [1.82, 2.24) is 19.7 Å². The Morgan fingerprint density at radius 1 is 1.09 bits per heavy atom. The van der Waals surface area contributed by atoms with Crippen molar-refractivity contribution < 1.29 is 23.1 Å². The monoisotopic (exact) mass is 659 g/mol. The van der Waals surface area contributed by atoms with Gasteiger partial charge in [-0.15, -0.1) is 0 Å². The first kappa shape index (κ1) is 31.3. The third kappa shape index (κ3) is 6.21. The smallest absolute Gasteiger partial charge is 0.330 e. The van der Waals surface area contributed by atoms with Gasteiger partial charge in [0.1, 0.15) is 23.4 Å². The van der Waals surface area contributed by atoms with E-state index >= 15 is 0 Å². The molecule has 2 aliphatic heterocycles. The number of nitrogens with zero attached hydrogens (tertiary/aromatic N) is 5. The lowest BCUT2D eigenvalue weighted by atomic mass is 9.84. The molecular weight excluding hydrogens is 624 g/mol. The fraction of sp³-hybridized carbons (Fsp3) is 0.452. The van der Waals surface area contributed by atoms with Crippen LogP contribution in [0.4, 0.5) is 5.82 Å². The Morgan fingerprint density at radius 2 is 1.84 bits per heavy atom. The summed E-state index contributed by atoms with van der Waals surface area (Å²) in [7, 11) is -0.240. The van der Waals surface area contributed by atoms with E-state index in [0.717, 1.165) is 47.2 Å². The molecule has 2 saturated heterocycles. The van der Waals surface area contributed by atoms with Crippen LogP contribution in [0.15, 0.2) is 48.9 Å². The quantitative estimate of drug-likeness (QED) is 0.157. The summed E-state index contributed by atoms with van der Waals surface area (Å²) >= 11 is 12.8. The van der Waals surface area contributed by atoms with Crippen molar-refractivity contribution >= 4 is 47.5 Å². The minimum atomic E-state index is -3.10. The van der Waals surface area contributed by atoms with Crippen LogP contribution in [0, 0.1) is 5.41 Å². The molecule has 6 rings (SSSR count). The average molecular weight is 661 g/mol. The summed E-state index contributed by atoms with van der Waals surface area (Å²) in [6, 6.07) is 9.98. The molecule has 2 atom stereocenters. The van der Waals surface area contributed by atoms with Crippen LogP contribution in [0.1, 0.15) is 51.0 Å². The van der Waals surface area contributed by atoms with E-state index in [2.05, 4.69) is 16.8 Å². The standard InChI is InChI=1S/C31H36Cl2N5O5P/c1-20(29-24(32)15-34-16-25(29)33)43-22-9-10-26-23(13-22)30(36-38(26)28-7-5-6-12-42-28)21-8-11-27(35-14-21)37-17-31(2,18-37)19-44(39,40-3)41-4/h8-11,13-16,20,28H,5-7,12,17-19H2,1-4H3/t20-,28?/m1/s1. The van der Waals surface area contributed by atoms with E-state index in [-0.39, 0.29) is 11.6 Å². The molecule has 0 N–H and O–H groups in total. The summed E-state index contributed by atoms with van der Waals surface area (Å²) in [6.07, 6.45) is 7.82. The number of hydrogen-bond donors (Lipinski definition) is 0. The highest BCUT2D eigenvalue weighted by atomic mass is 35.5. The summed E-state index contributed by atoms with van der Waals surface area (Å²) in [5.74, 6) is 1.51. The predicted octanol–water partition coefficient (Wildman–Crippen LogP) is 7.95. The number of pyridine rings is 2. The van der Waals surface area contributed by atoms with Gasteiger partial charge in [0.15, 0.2) is 6.23 Å². The molecule has 0 bridgehead atoms. The fourth-order valence-electron chi connectivity index (χ4n) is 6.14. The Hall–Kier alpha value is -2.72. The van der Waals surface area contributed by atoms with Gasteiger partial charge in [-0.25, -0.2) is 9.67 Å². The summed E-state index contributed by atoms with van der Waals surface area (Å²) in [5.41, 5.74) is 3.13. The molecule has 5 heterocycles. The highest BCUT2D eigenvalue weighted by Crippen LogP contribution is 2.53. The van der Waals surface area contributed by atoms with Crippen LogP contribution in [-0.4, -0.2) is 59.8 Å². The third-order valence-corrected chi connectivity index (χ3v) is 11.2. The maximum atomic E-state index is 12.7. The maximum absolute atomic E-state index is 12.7. The van der Waals surface area contributed by atoms with Crippen molar-refractivity contribution in [2.75, 3.05) is 45.0 Å². The molecule has 0 saturated carbocycles. The van der Waals surface area contributed by atoms with Crippen molar-refractivity contribution in [1.29, 1.82) is 0 Å². The number of hydrogen-bond acceptors (Lipinski definition) is 9. The molecule has 13 heteroatoms. The minimum absolute atomic E-state index is 0.138. The average Bonchev–Trinajstić information content (AvgIpc) is 3.39. The number of aromatic nitrogens is 4. The number of anilines is 1. The summed E-state index contributed by atoms with van der Waals surface area (Å²) in [4.78, 5) is 11.0. The first-order valence-corrected chi connectivity index (χ1v) is 17.1. The molecule has 3 aromatic heterocycles. The number of ether oxygens (including phenoxy) is 2. The van der Waals surface area contributed by atoms with E-state index in [0.29, 0.717) is 47.2 Å². The van der Waals surface area contributed by atoms with E-state index < -0.39 is 13.7 Å². The number of rotatable bonds is 10. The Morgan fingerprint density at radius 3 is 2.48 bits per heavy atom. The minimum Gasteiger partial charge on any atom is -0.486 e. The van der Waals surface area contributed by atoms with Gasteiger partial charge in [0.05, 0.1) is 21.7 Å². The van der Waals surface area contributed by atoms with Gasteiger partial charge >= 0.3 is 7.60 Å². The fourth-order valence-corrected chi connectivity index (χ4v) is 8.35. The lowest BCUT2D eigenvalue weighted by molar-refractivity contribution is -0.0365. The van der Waals surface area contributed by atoms with Gasteiger partial charge in [-0.1, -0.05) is 30.1 Å². The van der Waals surface area contributed by atoms with Crippen LogP contribution in [0.5, 0.6) is 5.75 Å². The molecule has 0 spiro atoms. The zero-order valence-corrected chi connectivity index (χ0v) is 27.6. The van der Waals surface area contributed by atoms with Crippen molar-refractivity contribution in [2.24, 2.45) is 5.41 Å². The van der Waals surface area contributed by atoms with Crippen molar-refractivity contribution in [3.05, 3.63) is 64.5 Å². The lowest BCUT2D eigenvalue weighted by Crippen LogP contribution is -2.57.